The predicted molar refractivity (Wildman–Crippen MR) is 168 cm³/mol. The number of likely N-dealkylation sites (tertiary alicyclic amines) is 1. The van der Waals surface area contributed by atoms with E-state index >= 15 is 0 Å². The summed E-state index contributed by atoms with van der Waals surface area (Å²) in [6.07, 6.45) is 10.1. The molecule has 0 aromatic heterocycles. The zero-order valence-electron chi connectivity index (χ0n) is 28.7. The Kier molecular flexibility index (Phi) is 11.7. The fraction of sp³-hybridized carbons (Fsp3) is 0.889. The number of ketones is 2. The van der Waals surface area contributed by atoms with E-state index in [4.69, 9.17) is 0 Å². The van der Waals surface area contributed by atoms with Crippen LogP contribution in [-0.4, -0.2) is 34.8 Å². The van der Waals surface area contributed by atoms with Crippen LogP contribution in [0.5, 0.6) is 0 Å². The summed E-state index contributed by atoms with van der Waals surface area (Å²) in [7, 11) is 0. The van der Waals surface area contributed by atoms with E-state index in [1.54, 1.807) is 0 Å². The van der Waals surface area contributed by atoms with Gasteiger partial charge in [0.05, 0.1) is 5.92 Å². The second-order valence-corrected chi connectivity index (χ2v) is 17.9. The molecule has 3 rings (SSSR count). The van der Waals surface area contributed by atoms with Crippen LogP contribution in [0.4, 0.5) is 0 Å². The molecule has 2 saturated carbocycles. The first-order valence-corrected chi connectivity index (χ1v) is 16.4. The van der Waals surface area contributed by atoms with Gasteiger partial charge in [0.25, 0.3) is 0 Å². The van der Waals surface area contributed by atoms with Crippen LogP contribution in [0.2, 0.25) is 0 Å². The Balaban J connectivity index is 0.000000305. The highest BCUT2D eigenvalue weighted by Crippen LogP contribution is 2.40. The molecule has 236 valence electrons. The van der Waals surface area contributed by atoms with Crippen LogP contribution in [0, 0.1) is 51.2 Å². The molecule has 3 fully saturated rings. The summed E-state index contributed by atoms with van der Waals surface area (Å²) in [4.78, 5) is 51.0. The third-order valence-corrected chi connectivity index (χ3v) is 9.54. The van der Waals surface area contributed by atoms with Crippen molar-refractivity contribution < 1.29 is 19.2 Å². The van der Waals surface area contributed by atoms with E-state index < -0.39 is 0 Å². The third kappa shape index (κ3) is 10.6. The van der Waals surface area contributed by atoms with E-state index in [1.165, 1.54) is 24.2 Å². The van der Waals surface area contributed by atoms with Crippen molar-refractivity contribution in [1.82, 2.24) is 4.90 Å². The number of nitrogens with zero attached hydrogens (tertiary/aromatic N) is 1. The summed E-state index contributed by atoms with van der Waals surface area (Å²) >= 11 is 0. The minimum Gasteiger partial charge on any atom is -0.299 e. The van der Waals surface area contributed by atoms with Crippen molar-refractivity contribution in [2.24, 2.45) is 51.2 Å². The lowest BCUT2D eigenvalue weighted by molar-refractivity contribution is -0.142. The van der Waals surface area contributed by atoms with Crippen LogP contribution < -0.4 is 0 Å². The summed E-state index contributed by atoms with van der Waals surface area (Å²) < 4.78 is 0. The first-order valence-electron chi connectivity index (χ1n) is 16.4. The quantitative estimate of drug-likeness (QED) is 0.309. The Morgan fingerprint density at radius 1 is 0.634 bits per heavy atom. The summed E-state index contributed by atoms with van der Waals surface area (Å²) in [6, 6.07) is 0. The lowest BCUT2D eigenvalue weighted by Gasteiger charge is -2.34. The van der Waals surface area contributed by atoms with Crippen LogP contribution in [0.15, 0.2) is 0 Å². The molecule has 5 nitrogen and oxygen atoms in total. The van der Waals surface area contributed by atoms with Crippen molar-refractivity contribution in [3.63, 3.8) is 0 Å². The van der Waals surface area contributed by atoms with Gasteiger partial charge >= 0.3 is 0 Å². The molecule has 1 saturated heterocycles. The van der Waals surface area contributed by atoms with Gasteiger partial charge in [0.15, 0.2) is 0 Å². The largest absolute Gasteiger partial charge is 0.299 e. The number of imide groups is 1. The van der Waals surface area contributed by atoms with Gasteiger partial charge in [-0.25, -0.2) is 0 Å². The molecule has 1 unspecified atom stereocenters. The molecule has 1 atom stereocenters. The molecule has 2 aliphatic carbocycles. The van der Waals surface area contributed by atoms with Crippen molar-refractivity contribution in [2.75, 3.05) is 6.54 Å². The lowest BCUT2D eigenvalue weighted by atomic mass is 9.70. The highest BCUT2D eigenvalue weighted by atomic mass is 16.2. The van der Waals surface area contributed by atoms with Gasteiger partial charge in [-0.1, -0.05) is 83.1 Å². The van der Waals surface area contributed by atoms with Crippen LogP contribution >= 0.6 is 0 Å². The Hall–Kier alpha value is -1.52. The Labute approximate surface area is 252 Å². The molecule has 1 heterocycles. The molecule has 1 aliphatic heterocycles. The van der Waals surface area contributed by atoms with E-state index in [-0.39, 0.29) is 39.9 Å². The number of Topliss-reactive ketones (excluding diaryl/α,β-unsaturated/α-hetero) is 2. The maximum absolute atomic E-state index is 12.6. The highest BCUT2D eigenvalue weighted by Gasteiger charge is 2.45. The van der Waals surface area contributed by atoms with Crippen molar-refractivity contribution in [3.05, 3.63) is 0 Å². The topological polar surface area (TPSA) is 71.5 Å². The Morgan fingerprint density at radius 2 is 1.02 bits per heavy atom. The van der Waals surface area contributed by atoms with Gasteiger partial charge in [-0.2, -0.15) is 0 Å². The smallest absolute Gasteiger partial charge is 0.233 e. The zero-order valence-corrected chi connectivity index (χ0v) is 28.7. The van der Waals surface area contributed by atoms with Gasteiger partial charge < -0.3 is 0 Å². The molecule has 5 heteroatoms. The van der Waals surface area contributed by atoms with Gasteiger partial charge in [0, 0.05) is 35.6 Å². The summed E-state index contributed by atoms with van der Waals surface area (Å²) in [5.41, 5.74) is -0.163. The second-order valence-electron chi connectivity index (χ2n) is 17.9. The van der Waals surface area contributed by atoms with E-state index in [9.17, 15) is 19.2 Å². The first kappa shape index (κ1) is 35.7. The number of hydrogen-bond acceptors (Lipinski definition) is 4. The highest BCUT2D eigenvalue weighted by molar-refractivity contribution is 6.03. The molecule has 2 amide bonds. The molecule has 0 N–H and O–H groups in total. The molecule has 41 heavy (non-hydrogen) atoms. The maximum atomic E-state index is 12.6. The van der Waals surface area contributed by atoms with Crippen LogP contribution in [-0.2, 0) is 19.2 Å². The second kappa shape index (κ2) is 13.4. The fourth-order valence-corrected chi connectivity index (χ4v) is 7.14. The molecular weight excluding hydrogens is 510 g/mol. The number of carbonyl (C=O) groups is 4. The SMILES string of the molecule is CC(C)(C)C(=O)C1CCC(CN2C(=O)CC(C(C)(C)C)C2=O)CC1.CC(C)(C)CC1CCC(C(=O)C(C)(C)C)CC1. The predicted octanol–water partition coefficient (Wildman–Crippen LogP) is 8.67. The van der Waals surface area contributed by atoms with Crippen LogP contribution in [0.25, 0.3) is 0 Å². The Bertz CT molecular complexity index is 921. The van der Waals surface area contributed by atoms with Gasteiger partial charge in [-0.15, -0.1) is 0 Å². The number of rotatable bonds is 5. The average molecular weight is 574 g/mol. The molecule has 3 aliphatic rings. The normalized spacial score (nSPS) is 28.3. The molecule has 0 aromatic carbocycles. The fourth-order valence-electron chi connectivity index (χ4n) is 7.14. The first-order chi connectivity index (χ1) is 18.5. The van der Waals surface area contributed by atoms with E-state index in [0.717, 1.165) is 44.4 Å². The minimum atomic E-state index is -0.279. The monoisotopic (exact) mass is 573 g/mol. The van der Waals surface area contributed by atoms with Crippen LogP contribution in [0.1, 0.15) is 147 Å². The minimum absolute atomic E-state index is 0.000362. The molecular formula is C36H63NO4. The van der Waals surface area contributed by atoms with Gasteiger partial charge in [-0.05, 0) is 80.5 Å². The maximum Gasteiger partial charge on any atom is 0.233 e. The van der Waals surface area contributed by atoms with Crippen LogP contribution in [0.3, 0.4) is 0 Å². The number of hydrogen-bond donors (Lipinski definition) is 0. The van der Waals surface area contributed by atoms with E-state index in [2.05, 4.69) is 41.5 Å². The lowest BCUT2D eigenvalue weighted by Crippen LogP contribution is -2.39. The van der Waals surface area contributed by atoms with Gasteiger partial charge in [0.1, 0.15) is 11.6 Å². The molecule has 0 bridgehead atoms. The number of amides is 2. The average Bonchev–Trinajstić information content (AvgIpc) is 3.11. The Morgan fingerprint density at radius 3 is 1.34 bits per heavy atom. The third-order valence-electron chi connectivity index (χ3n) is 9.54. The molecule has 0 radical (unpaired) electrons. The van der Waals surface area contributed by atoms with Gasteiger partial charge in [-0.3, -0.25) is 24.1 Å². The van der Waals surface area contributed by atoms with Crippen molar-refractivity contribution >= 4 is 23.4 Å². The molecule has 0 aromatic rings. The van der Waals surface area contributed by atoms with Crippen molar-refractivity contribution in [3.8, 4) is 0 Å². The molecule has 0 spiro atoms. The zero-order chi connectivity index (χ0) is 31.6. The van der Waals surface area contributed by atoms with Crippen molar-refractivity contribution in [2.45, 2.75) is 147 Å². The van der Waals surface area contributed by atoms with E-state index in [0.29, 0.717) is 41.8 Å². The summed E-state index contributed by atoms with van der Waals surface area (Å²) in [6.45, 7) is 25.7. The summed E-state index contributed by atoms with van der Waals surface area (Å²) in [5.74, 6) is 2.30. The van der Waals surface area contributed by atoms with Gasteiger partial charge in [0.2, 0.25) is 11.8 Å². The summed E-state index contributed by atoms with van der Waals surface area (Å²) in [5, 5.41) is 0. The van der Waals surface area contributed by atoms with E-state index in [1.807, 2.05) is 41.5 Å². The standard InChI is InChI=1S/C20H33NO3.C16H30O/c1-19(2,3)15-11-16(22)21(18(15)24)12-13-7-9-14(10-8-13)17(23)20(4,5)6;1-15(2,3)11-12-7-9-13(10-8-12)14(17)16(4,5)6/h13-15H,7-12H2,1-6H3;12-13H,7-11H2,1-6H3. The van der Waals surface area contributed by atoms with Crippen molar-refractivity contribution in [1.29, 1.82) is 0 Å². The number of carbonyl (C=O) groups excluding carboxylic acids is 4.